The molecule has 0 nitrogen and oxygen atoms in total. The first-order valence-corrected chi connectivity index (χ1v) is 13.4. The van der Waals surface area contributed by atoms with Gasteiger partial charge in [-0.25, -0.2) is 0 Å². The molecule has 0 amide bonds. The summed E-state index contributed by atoms with van der Waals surface area (Å²) in [5.41, 5.74) is 2.63. The highest BCUT2D eigenvalue weighted by Crippen LogP contribution is 2.47. The Morgan fingerprint density at radius 2 is 0.639 bits per heavy atom. The standard InChI is InChI=1S/C32H20.2C2H6/c1-17-9-11-19-25(13-17)21-5-3-7-23-28-16-30-20-12-10-18(2)14-26(20)22-6-4-8-24(32(22)30)27(28)15-29(19)31(21)23;2*1-2/h3-16H,1-2H3;2*1-2H3. The molecule has 0 aliphatic heterocycles. The van der Waals surface area contributed by atoms with Gasteiger partial charge in [-0.05, 0) is 101 Å². The zero-order chi connectivity index (χ0) is 25.1. The van der Waals surface area contributed by atoms with Crippen LogP contribution in [0, 0.1) is 13.8 Å². The van der Waals surface area contributed by atoms with Crippen molar-refractivity contribution >= 4 is 75.4 Å². The van der Waals surface area contributed by atoms with E-state index in [1.165, 1.54) is 86.5 Å². The molecule has 0 radical (unpaired) electrons. The van der Waals surface area contributed by atoms with Crippen LogP contribution in [0.2, 0.25) is 0 Å². The number of hydrogen-bond acceptors (Lipinski definition) is 0. The fourth-order valence-electron chi connectivity index (χ4n) is 6.27. The Morgan fingerprint density at radius 3 is 1.00 bits per heavy atom. The highest BCUT2D eigenvalue weighted by Gasteiger charge is 2.18. The number of aryl methyl sites for hydroxylation is 2. The molecule has 0 heteroatoms. The van der Waals surface area contributed by atoms with Gasteiger partial charge in [-0.3, -0.25) is 0 Å². The summed E-state index contributed by atoms with van der Waals surface area (Å²) in [7, 11) is 0. The van der Waals surface area contributed by atoms with Crippen molar-refractivity contribution in [3.8, 4) is 0 Å². The van der Waals surface area contributed by atoms with Crippen molar-refractivity contribution in [3.05, 3.63) is 96.1 Å². The Morgan fingerprint density at radius 1 is 0.306 bits per heavy atom. The van der Waals surface area contributed by atoms with Crippen molar-refractivity contribution in [2.75, 3.05) is 0 Å². The lowest BCUT2D eigenvalue weighted by Crippen LogP contribution is -1.82. The van der Waals surface area contributed by atoms with Crippen LogP contribution < -0.4 is 0 Å². The second-order valence-electron chi connectivity index (χ2n) is 9.50. The predicted octanol–water partition coefficient (Wildman–Crippen LogP) is 11.3. The molecule has 0 bridgehead atoms. The fourth-order valence-corrected chi connectivity index (χ4v) is 6.27. The van der Waals surface area contributed by atoms with Crippen LogP contribution in [0.15, 0.2) is 84.9 Å². The zero-order valence-electron chi connectivity index (χ0n) is 22.1. The molecule has 0 unspecified atom stereocenters. The van der Waals surface area contributed by atoms with Gasteiger partial charge in [0, 0.05) is 0 Å². The number of fused-ring (bicyclic) bond motifs is 9. The lowest BCUT2D eigenvalue weighted by atomic mass is 9.93. The van der Waals surface area contributed by atoms with E-state index in [4.69, 9.17) is 0 Å². The monoisotopic (exact) mass is 464 g/mol. The van der Waals surface area contributed by atoms with E-state index in [1.54, 1.807) is 0 Å². The lowest BCUT2D eigenvalue weighted by Gasteiger charge is -2.10. The Labute approximate surface area is 212 Å². The summed E-state index contributed by atoms with van der Waals surface area (Å²) in [6, 6.07) is 32.4. The number of rotatable bonds is 0. The Bertz CT molecular complexity index is 1890. The van der Waals surface area contributed by atoms with Crippen molar-refractivity contribution in [2.24, 2.45) is 0 Å². The van der Waals surface area contributed by atoms with Gasteiger partial charge in [0.25, 0.3) is 0 Å². The smallest absolute Gasteiger partial charge is 0.00199 e. The highest BCUT2D eigenvalue weighted by atomic mass is 14.2. The van der Waals surface area contributed by atoms with E-state index in [0.717, 1.165) is 0 Å². The summed E-state index contributed by atoms with van der Waals surface area (Å²) in [4.78, 5) is 0. The average Bonchev–Trinajstić information content (AvgIpc) is 3.41. The number of benzene rings is 6. The van der Waals surface area contributed by atoms with Crippen molar-refractivity contribution in [1.29, 1.82) is 0 Å². The SMILES string of the molecule is CC.CC.Cc1ccc2c(c1)c1cccc3c4cc5c6ccc(C)cc6c6cccc(c4cc2c13)c65. The number of hydrogen-bond donors (Lipinski definition) is 0. The van der Waals surface area contributed by atoms with Crippen LogP contribution in [0.3, 0.4) is 0 Å². The summed E-state index contributed by atoms with van der Waals surface area (Å²) >= 11 is 0. The Balaban J connectivity index is 0.000000575. The molecule has 0 heterocycles. The van der Waals surface area contributed by atoms with Crippen LogP contribution in [0.1, 0.15) is 38.8 Å². The highest BCUT2D eigenvalue weighted by molar-refractivity contribution is 6.40. The van der Waals surface area contributed by atoms with Crippen LogP contribution in [0.25, 0.3) is 75.4 Å². The molecule has 0 N–H and O–H groups in total. The lowest BCUT2D eigenvalue weighted by molar-refractivity contribution is 1.50. The minimum atomic E-state index is 1.32. The van der Waals surface area contributed by atoms with Gasteiger partial charge in [0.2, 0.25) is 0 Å². The van der Waals surface area contributed by atoms with Crippen LogP contribution >= 0.6 is 0 Å². The van der Waals surface area contributed by atoms with Gasteiger partial charge in [-0.1, -0.05) is 112 Å². The molecular weight excluding hydrogens is 432 g/mol. The first-order valence-electron chi connectivity index (χ1n) is 13.4. The quantitative estimate of drug-likeness (QED) is 0.196. The van der Waals surface area contributed by atoms with Gasteiger partial charge in [-0.2, -0.15) is 0 Å². The van der Waals surface area contributed by atoms with Gasteiger partial charge in [0.05, 0.1) is 0 Å². The molecule has 0 saturated heterocycles. The Hall–Kier alpha value is -3.90. The first-order chi connectivity index (χ1) is 17.7. The topological polar surface area (TPSA) is 0 Å². The van der Waals surface area contributed by atoms with Crippen LogP contribution in [-0.2, 0) is 0 Å². The molecule has 0 aromatic heterocycles. The van der Waals surface area contributed by atoms with Gasteiger partial charge in [-0.15, -0.1) is 0 Å². The van der Waals surface area contributed by atoms with E-state index < -0.39 is 0 Å². The first kappa shape index (κ1) is 22.6. The summed E-state index contributed by atoms with van der Waals surface area (Å²) in [6.07, 6.45) is 0. The van der Waals surface area contributed by atoms with Gasteiger partial charge in [0.15, 0.2) is 0 Å². The van der Waals surface area contributed by atoms with Gasteiger partial charge < -0.3 is 0 Å². The van der Waals surface area contributed by atoms with E-state index in [9.17, 15) is 0 Å². The summed E-state index contributed by atoms with van der Waals surface area (Å²) < 4.78 is 0. The van der Waals surface area contributed by atoms with Crippen molar-refractivity contribution < 1.29 is 0 Å². The molecule has 0 spiro atoms. The molecule has 0 fully saturated rings. The van der Waals surface area contributed by atoms with E-state index in [-0.39, 0.29) is 0 Å². The second kappa shape index (κ2) is 8.35. The maximum Gasteiger partial charge on any atom is -0.00199 e. The van der Waals surface area contributed by atoms with Gasteiger partial charge >= 0.3 is 0 Å². The molecular formula is C36H32. The predicted molar refractivity (Wildman–Crippen MR) is 164 cm³/mol. The van der Waals surface area contributed by atoms with Crippen LogP contribution in [0.4, 0.5) is 0 Å². The van der Waals surface area contributed by atoms with E-state index in [1.807, 2.05) is 27.7 Å². The molecule has 8 aromatic carbocycles. The summed E-state index contributed by atoms with van der Waals surface area (Å²) in [6.45, 7) is 12.4. The Kier molecular flexibility index (Phi) is 5.23. The molecule has 8 rings (SSSR count). The maximum atomic E-state index is 2.46. The van der Waals surface area contributed by atoms with Crippen molar-refractivity contribution in [1.82, 2.24) is 0 Å². The van der Waals surface area contributed by atoms with E-state index >= 15 is 0 Å². The molecule has 0 aliphatic rings. The molecule has 36 heavy (non-hydrogen) atoms. The minimum absolute atomic E-state index is 1.32. The summed E-state index contributed by atoms with van der Waals surface area (Å²) in [5.74, 6) is 0. The summed E-state index contributed by atoms with van der Waals surface area (Å²) in [5, 5.41) is 19.3. The third-order valence-electron chi connectivity index (χ3n) is 7.63. The molecule has 0 saturated carbocycles. The third-order valence-corrected chi connectivity index (χ3v) is 7.63. The second-order valence-corrected chi connectivity index (χ2v) is 9.50. The van der Waals surface area contributed by atoms with E-state index in [2.05, 4.69) is 98.8 Å². The normalized spacial score (nSPS) is 11.6. The van der Waals surface area contributed by atoms with Gasteiger partial charge in [0.1, 0.15) is 0 Å². The zero-order valence-corrected chi connectivity index (χ0v) is 22.1. The van der Waals surface area contributed by atoms with Crippen molar-refractivity contribution in [3.63, 3.8) is 0 Å². The fraction of sp³-hybridized carbons (Fsp3) is 0.167. The minimum Gasteiger partial charge on any atom is -0.0683 e. The van der Waals surface area contributed by atoms with Crippen LogP contribution in [0.5, 0.6) is 0 Å². The third kappa shape index (κ3) is 2.88. The van der Waals surface area contributed by atoms with E-state index in [0.29, 0.717) is 0 Å². The molecule has 0 aliphatic carbocycles. The maximum absolute atomic E-state index is 2.46. The average molecular weight is 465 g/mol. The van der Waals surface area contributed by atoms with Crippen LogP contribution in [-0.4, -0.2) is 0 Å². The molecule has 176 valence electrons. The largest absolute Gasteiger partial charge is 0.0683 e. The molecule has 8 aromatic rings. The van der Waals surface area contributed by atoms with Crippen molar-refractivity contribution in [2.45, 2.75) is 41.5 Å². The molecule has 0 atom stereocenters.